The van der Waals surface area contributed by atoms with Gasteiger partial charge in [0.15, 0.2) is 0 Å². The molecule has 1 heterocycles. The van der Waals surface area contributed by atoms with Crippen molar-refractivity contribution in [2.45, 2.75) is 32.2 Å². The summed E-state index contributed by atoms with van der Waals surface area (Å²) in [5.74, 6) is 0.0504. The Balaban J connectivity index is 1.35. The van der Waals surface area contributed by atoms with Crippen molar-refractivity contribution in [3.8, 4) is 0 Å². The standard InChI is InChI=1S/C24H31N3O3/c28-23(11-5-8-20-6-2-1-3-7-20)25-19-21-9-4-10-22(18-21)26-24(29)12-13-27-14-16-30-17-15-27/h1-4,6-7,9-10,18H,5,8,11-17,19H2,(H,25,28)(H,26,29). The largest absolute Gasteiger partial charge is 0.379 e. The highest BCUT2D eigenvalue weighted by atomic mass is 16.5. The van der Waals surface area contributed by atoms with E-state index in [2.05, 4.69) is 27.7 Å². The van der Waals surface area contributed by atoms with Crippen LogP contribution in [0.2, 0.25) is 0 Å². The normalized spacial score (nSPS) is 14.3. The number of rotatable bonds is 10. The summed E-state index contributed by atoms with van der Waals surface area (Å²) in [5, 5.41) is 5.92. The van der Waals surface area contributed by atoms with Crippen LogP contribution in [0.15, 0.2) is 54.6 Å². The zero-order valence-electron chi connectivity index (χ0n) is 17.4. The van der Waals surface area contributed by atoms with Crippen molar-refractivity contribution in [2.75, 3.05) is 38.2 Å². The van der Waals surface area contributed by atoms with E-state index in [0.29, 0.717) is 19.4 Å². The number of benzene rings is 2. The van der Waals surface area contributed by atoms with Gasteiger partial charge in [-0.05, 0) is 36.1 Å². The zero-order chi connectivity index (χ0) is 21.0. The molecule has 0 spiro atoms. The first kappa shape index (κ1) is 22.0. The Labute approximate surface area is 178 Å². The van der Waals surface area contributed by atoms with Crippen LogP contribution >= 0.6 is 0 Å². The summed E-state index contributed by atoms with van der Waals surface area (Å²) in [5.41, 5.74) is 2.98. The third-order valence-corrected chi connectivity index (χ3v) is 5.17. The topological polar surface area (TPSA) is 70.7 Å². The van der Waals surface area contributed by atoms with Gasteiger partial charge in [0.25, 0.3) is 0 Å². The Morgan fingerprint density at radius 3 is 2.47 bits per heavy atom. The molecule has 0 saturated carbocycles. The van der Waals surface area contributed by atoms with Crippen molar-refractivity contribution in [3.05, 3.63) is 65.7 Å². The number of carbonyl (C=O) groups excluding carboxylic acids is 2. The Kier molecular flexibility index (Phi) is 8.87. The molecule has 0 unspecified atom stereocenters. The molecule has 1 saturated heterocycles. The van der Waals surface area contributed by atoms with E-state index in [1.807, 2.05) is 42.5 Å². The van der Waals surface area contributed by atoms with Gasteiger partial charge >= 0.3 is 0 Å². The van der Waals surface area contributed by atoms with Crippen molar-refractivity contribution in [1.82, 2.24) is 10.2 Å². The number of hydrogen-bond donors (Lipinski definition) is 2. The Morgan fingerprint density at radius 1 is 0.900 bits per heavy atom. The van der Waals surface area contributed by atoms with Gasteiger partial charge in [-0.2, -0.15) is 0 Å². The molecule has 0 aliphatic carbocycles. The Morgan fingerprint density at radius 2 is 1.67 bits per heavy atom. The second-order valence-corrected chi connectivity index (χ2v) is 7.57. The number of ether oxygens (including phenoxy) is 1. The zero-order valence-corrected chi connectivity index (χ0v) is 17.4. The van der Waals surface area contributed by atoms with E-state index in [4.69, 9.17) is 4.74 Å². The van der Waals surface area contributed by atoms with Crippen LogP contribution in [-0.4, -0.2) is 49.6 Å². The summed E-state index contributed by atoms with van der Waals surface area (Å²) in [6.45, 7) is 4.44. The third-order valence-electron chi connectivity index (χ3n) is 5.17. The summed E-state index contributed by atoms with van der Waals surface area (Å²) >= 11 is 0. The molecular weight excluding hydrogens is 378 g/mol. The van der Waals surface area contributed by atoms with Crippen LogP contribution in [0.1, 0.15) is 30.4 Å². The highest BCUT2D eigenvalue weighted by Crippen LogP contribution is 2.12. The van der Waals surface area contributed by atoms with Gasteiger partial charge in [0, 0.05) is 44.7 Å². The molecule has 2 aromatic rings. The first-order valence-electron chi connectivity index (χ1n) is 10.7. The number of aryl methyl sites for hydroxylation is 1. The lowest BCUT2D eigenvalue weighted by Crippen LogP contribution is -2.38. The summed E-state index contributed by atoms with van der Waals surface area (Å²) in [6.07, 6.45) is 2.70. The maximum Gasteiger partial charge on any atom is 0.225 e. The molecule has 30 heavy (non-hydrogen) atoms. The van der Waals surface area contributed by atoms with E-state index in [1.54, 1.807) is 0 Å². The summed E-state index contributed by atoms with van der Waals surface area (Å²) in [7, 11) is 0. The molecule has 0 aromatic heterocycles. The van der Waals surface area contributed by atoms with Gasteiger partial charge in [0.1, 0.15) is 0 Å². The molecule has 2 aromatic carbocycles. The molecule has 0 bridgehead atoms. The van der Waals surface area contributed by atoms with Gasteiger partial charge < -0.3 is 15.4 Å². The number of amides is 2. The van der Waals surface area contributed by atoms with Crippen LogP contribution in [0.5, 0.6) is 0 Å². The minimum atomic E-state index is 0.00332. The van der Waals surface area contributed by atoms with Crippen LogP contribution in [-0.2, 0) is 27.3 Å². The number of nitrogens with zero attached hydrogens (tertiary/aromatic N) is 1. The van der Waals surface area contributed by atoms with Gasteiger partial charge in [-0.25, -0.2) is 0 Å². The lowest BCUT2D eigenvalue weighted by molar-refractivity contribution is -0.121. The van der Waals surface area contributed by atoms with Crippen molar-refractivity contribution < 1.29 is 14.3 Å². The molecular formula is C24H31N3O3. The van der Waals surface area contributed by atoms with Crippen molar-refractivity contribution >= 4 is 17.5 Å². The molecule has 160 valence electrons. The van der Waals surface area contributed by atoms with Crippen LogP contribution in [0, 0.1) is 0 Å². The van der Waals surface area contributed by atoms with Crippen LogP contribution in [0.4, 0.5) is 5.69 Å². The molecule has 0 radical (unpaired) electrons. The average Bonchev–Trinajstić information content (AvgIpc) is 2.78. The average molecular weight is 410 g/mol. The van der Waals surface area contributed by atoms with Crippen molar-refractivity contribution in [2.24, 2.45) is 0 Å². The lowest BCUT2D eigenvalue weighted by atomic mass is 10.1. The minimum Gasteiger partial charge on any atom is -0.379 e. The first-order chi connectivity index (χ1) is 14.7. The fourth-order valence-electron chi connectivity index (χ4n) is 3.45. The predicted octanol–water partition coefficient (Wildman–Crippen LogP) is 2.99. The Bertz CT molecular complexity index is 804. The number of nitrogens with one attached hydrogen (secondary N) is 2. The van der Waals surface area contributed by atoms with E-state index in [-0.39, 0.29) is 11.8 Å². The maximum absolute atomic E-state index is 12.2. The number of carbonyl (C=O) groups is 2. The van der Waals surface area contributed by atoms with Gasteiger partial charge in [-0.1, -0.05) is 42.5 Å². The van der Waals surface area contributed by atoms with Crippen molar-refractivity contribution in [1.29, 1.82) is 0 Å². The molecule has 6 nitrogen and oxygen atoms in total. The molecule has 0 atom stereocenters. The van der Waals surface area contributed by atoms with E-state index in [1.165, 1.54) is 5.56 Å². The number of morpholine rings is 1. The molecule has 6 heteroatoms. The fraction of sp³-hybridized carbons (Fsp3) is 0.417. The molecule has 1 aliphatic heterocycles. The lowest BCUT2D eigenvalue weighted by Gasteiger charge is -2.26. The predicted molar refractivity (Wildman–Crippen MR) is 118 cm³/mol. The summed E-state index contributed by atoms with van der Waals surface area (Å²) in [6, 6.07) is 17.8. The van der Waals surface area contributed by atoms with Crippen LogP contribution < -0.4 is 10.6 Å². The first-order valence-corrected chi connectivity index (χ1v) is 10.7. The number of hydrogen-bond acceptors (Lipinski definition) is 4. The monoisotopic (exact) mass is 409 g/mol. The smallest absolute Gasteiger partial charge is 0.225 e. The quantitative estimate of drug-likeness (QED) is 0.633. The molecule has 1 fully saturated rings. The molecule has 3 rings (SSSR count). The second kappa shape index (κ2) is 12.1. The van der Waals surface area contributed by atoms with E-state index in [9.17, 15) is 9.59 Å². The van der Waals surface area contributed by atoms with Crippen LogP contribution in [0.3, 0.4) is 0 Å². The SMILES string of the molecule is O=C(CCCc1ccccc1)NCc1cccc(NC(=O)CCN2CCOCC2)c1. The molecule has 2 N–H and O–H groups in total. The molecule has 1 aliphatic rings. The van der Waals surface area contributed by atoms with Gasteiger partial charge in [0.2, 0.25) is 11.8 Å². The maximum atomic E-state index is 12.2. The van der Waals surface area contributed by atoms with Crippen molar-refractivity contribution in [3.63, 3.8) is 0 Å². The van der Waals surface area contributed by atoms with Gasteiger partial charge in [-0.3, -0.25) is 14.5 Å². The Hall–Kier alpha value is -2.70. The van der Waals surface area contributed by atoms with Gasteiger partial charge in [-0.15, -0.1) is 0 Å². The van der Waals surface area contributed by atoms with E-state index in [0.717, 1.165) is 56.9 Å². The highest BCUT2D eigenvalue weighted by Gasteiger charge is 2.12. The molecule has 2 amide bonds. The second-order valence-electron chi connectivity index (χ2n) is 7.57. The van der Waals surface area contributed by atoms with Crippen LogP contribution in [0.25, 0.3) is 0 Å². The van der Waals surface area contributed by atoms with E-state index >= 15 is 0 Å². The summed E-state index contributed by atoms with van der Waals surface area (Å²) < 4.78 is 5.32. The number of anilines is 1. The van der Waals surface area contributed by atoms with E-state index < -0.39 is 0 Å². The minimum absolute atomic E-state index is 0.00332. The highest BCUT2D eigenvalue weighted by molar-refractivity contribution is 5.90. The summed E-state index contributed by atoms with van der Waals surface area (Å²) in [4.78, 5) is 26.6. The third kappa shape index (κ3) is 7.97. The fourth-order valence-corrected chi connectivity index (χ4v) is 3.45. The van der Waals surface area contributed by atoms with Gasteiger partial charge in [0.05, 0.1) is 13.2 Å².